The number of methoxy groups -OCH3 is 1. The number of ether oxygens (including phenoxy) is 2. The highest BCUT2D eigenvalue weighted by Crippen LogP contribution is 2.37. The summed E-state index contributed by atoms with van der Waals surface area (Å²) in [7, 11) is 1.50. The number of benzene rings is 4. The van der Waals surface area contributed by atoms with Crippen molar-refractivity contribution < 1.29 is 23.8 Å². The lowest BCUT2D eigenvalue weighted by Crippen LogP contribution is -2.43. The average molecular weight is 563 g/mol. The van der Waals surface area contributed by atoms with Crippen LogP contribution in [0.2, 0.25) is 0 Å². The Bertz CT molecular complexity index is 1360. The van der Waals surface area contributed by atoms with Gasteiger partial charge in [-0.15, -0.1) is 0 Å². The number of hydrogen-bond acceptors (Lipinski definition) is 5. The van der Waals surface area contributed by atoms with E-state index in [0.29, 0.717) is 38.2 Å². The van der Waals surface area contributed by atoms with E-state index < -0.39 is 11.5 Å². The molecule has 6 nitrogen and oxygen atoms in total. The van der Waals surface area contributed by atoms with Crippen LogP contribution < -0.4 is 14.9 Å². The lowest BCUT2D eigenvalue weighted by atomic mass is 9.85. The topological polar surface area (TPSA) is 80.2 Å². The first-order valence-electron chi connectivity index (χ1n) is 11.3. The van der Waals surface area contributed by atoms with Crippen LogP contribution >= 0.6 is 15.9 Å². The molecule has 0 unspecified atom stereocenters. The van der Waals surface area contributed by atoms with Gasteiger partial charge in [-0.05, 0) is 62.4 Å². The monoisotopic (exact) mass is 562 g/mol. The Morgan fingerprint density at radius 1 is 1.00 bits per heavy atom. The molecule has 0 aromatic heterocycles. The smallest absolute Gasteiger partial charge is 0.281 e. The summed E-state index contributed by atoms with van der Waals surface area (Å²) in [6, 6.07) is 26.9. The van der Waals surface area contributed by atoms with Crippen molar-refractivity contribution in [3.05, 3.63) is 130 Å². The normalized spacial score (nSPS) is 11.4. The SMILES string of the molecule is COc1cc(/C=N\NC(=O)C(O)(c2ccccc2)c2ccccc2)cc(Br)c1OCc1cccc(F)c1. The molecule has 0 aliphatic heterocycles. The number of halogens is 2. The van der Waals surface area contributed by atoms with Gasteiger partial charge in [-0.1, -0.05) is 72.8 Å². The van der Waals surface area contributed by atoms with E-state index in [-0.39, 0.29) is 12.4 Å². The Kier molecular flexibility index (Phi) is 8.32. The van der Waals surface area contributed by atoms with Crippen molar-refractivity contribution in [2.24, 2.45) is 5.10 Å². The van der Waals surface area contributed by atoms with Crippen LogP contribution in [0.1, 0.15) is 22.3 Å². The number of nitrogens with one attached hydrogen (secondary N) is 1. The molecular formula is C29H24BrFN2O4. The first-order valence-corrected chi connectivity index (χ1v) is 12.1. The second kappa shape index (κ2) is 11.8. The molecule has 0 fully saturated rings. The van der Waals surface area contributed by atoms with Crippen LogP contribution in [0.3, 0.4) is 0 Å². The van der Waals surface area contributed by atoms with Crippen molar-refractivity contribution in [1.29, 1.82) is 0 Å². The summed E-state index contributed by atoms with van der Waals surface area (Å²) >= 11 is 3.47. The standard InChI is InChI=1S/C29H24BrFN2O4/c1-36-26-17-21(16-25(30)27(26)37-19-20-9-8-14-24(31)15-20)18-32-33-28(34)29(35,22-10-4-2-5-11-22)23-12-6-3-7-13-23/h2-18,35H,19H2,1H3,(H,33,34)/b32-18-. The number of carbonyl (C=O) groups excluding carboxylic acids is 1. The molecule has 0 saturated carbocycles. The lowest BCUT2D eigenvalue weighted by molar-refractivity contribution is -0.136. The fourth-order valence-corrected chi connectivity index (χ4v) is 4.34. The van der Waals surface area contributed by atoms with Crippen LogP contribution in [0.5, 0.6) is 11.5 Å². The molecule has 188 valence electrons. The first kappa shape index (κ1) is 26.1. The Morgan fingerprint density at radius 2 is 1.65 bits per heavy atom. The van der Waals surface area contributed by atoms with Crippen LogP contribution in [0.4, 0.5) is 4.39 Å². The van der Waals surface area contributed by atoms with Gasteiger partial charge in [0.25, 0.3) is 5.91 Å². The van der Waals surface area contributed by atoms with E-state index in [0.717, 1.165) is 0 Å². The molecule has 0 atom stereocenters. The van der Waals surface area contributed by atoms with E-state index in [2.05, 4.69) is 26.5 Å². The van der Waals surface area contributed by atoms with Crippen molar-refractivity contribution in [3.8, 4) is 11.5 Å². The molecule has 8 heteroatoms. The lowest BCUT2D eigenvalue weighted by Gasteiger charge is -2.27. The van der Waals surface area contributed by atoms with Crippen LogP contribution in [-0.4, -0.2) is 24.3 Å². The molecular weight excluding hydrogens is 539 g/mol. The van der Waals surface area contributed by atoms with Crippen molar-refractivity contribution in [1.82, 2.24) is 5.43 Å². The van der Waals surface area contributed by atoms with Gasteiger partial charge in [-0.25, -0.2) is 9.82 Å². The van der Waals surface area contributed by atoms with Crippen molar-refractivity contribution in [2.75, 3.05) is 7.11 Å². The van der Waals surface area contributed by atoms with Gasteiger partial charge in [0.15, 0.2) is 17.1 Å². The fourth-order valence-electron chi connectivity index (χ4n) is 3.77. The number of rotatable bonds is 9. The van der Waals surface area contributed by atoms with E-state index in [1.165, 1.54) is 25.5 Å². The van der Waals surface area contributed by atoms with Gasteiger partial charge in [0.1, 0.15) is 12.4 Å². The third-order valence-electron chi connectivity index (χ3n) is 5.62. The highest BCUT2D eigenvalue weighted by atomic mass is 79.9. The van der Waals surface area contributed by atoms with Gasteiger partial charge >= 0.3 is 0 Å². The highest BCUT2D eigenvalue weighted by Gasteiger charge is 2.39. The second-order valence-corrected chi connectivity index (χ2v) is 8.95. The van der Waals surface area contributed by atoms with Crippen molar-refractivity contribution in [2.45, 2.75) is 12.2 Å². The Balaban J connectivity index is 1.52. The maximum atomic E-state index is 13.5. The molecule has 1 amide bonds. The van der Waals surface area contributed by atoms with E-state index in [9.17, 15) is 14.3 Å². The van der Waals surface area contributed by atoms with E-state index in [1.54, 1.807) is 72.8 Å². The number of hydrazone groups is 1. The number of amides is 1. The quantitative estimate of drug-likeness (QED) is 0.207. The van der Waals surface area contributed by atoms with Gasteiger partial charge < -0.3 is 14.6 Å². The Hall–Kier alpha value is -4.01. The van der Waals surface area contributed by atoms with Gasteiger partial charge in [-0.2, -0.15) is 5.10 Å². The van der Waals surface area contributed by atoms with E-state index >= 15 is 0 Å². The summed E-state index contributed by atoms with van der Waals surface area (Å²) in [5.74, 6) is -0.187. The average Bonchev–Trinajstić information content (AvgIpc) is 2.92. The van der Waals surface area contributed by atoms with Crippen LogP contribution in [0, 0.1) is 5.82 Å². The van der Waals surface area contributed by atoms with Crippen LogP contribution in [-0.2, 0) is 17.0 Å². The minimum Gasteiger partial charge on any atom is -0.493 e. The molecule has 0 radical (unpaired) electrons. The summed E-state index contributed by atoms with van der Waals surface area (Å²) in [5, 5.41) is 15.6. The predicted octanol–water partition coefficient (Wildman–Crippen LogP) is 5.56. The number of hydrogen-bond donors (Lipinski definition) is 2. The molecule has 4 rings (SSSR count). The third kappa shape index (κ3) is 6.04. The maximum absolute atomic E-state index is 13.5. The first-order chi connectivity index (χ1) is 17.9. The summed E-state index contributed by atoms with van der Waals surface area (Å²) in [6.07, 6.45) is 1.43. The molecule has 0 spiro atoms. The molecule has 4 aromatic rings. The fraction of sp³-hybridized carbons (Fsp3) is 0.103. The molecule has 2 N–H and O–H groups in total. The van der Waals surface area contributed by atoms with Crippen molar-refractivity contribution >= 4 is 28.1 Å². The number of nitrogens with zero attached hydrogens (tertiary/aromatic N) is 1. The summed E-state index contributed by atoms with van der Waals surface area (Å²) < 4.78 is 25.4. The van der Waals surface area contributed by atoms with Crippen molar-refractivity contribution in [3.63, 3.8) is 0 Å². The van der Waals surface area contributed by atoms with Crippen LogP contribution in [0.15, 0.2) is 107 Å². The summed E-state index contributed by atoms with van der Waals surface area (Å²) in [5.41, 5.74) is 2.62. The second-order valence-electron chi connectivity index (χ2n) is 8.09. The Morgan fingerprint density at radius 3 is 2.24 bits per heavy atom. The Labute approximate surface area is 222 Å². The highest BCUT2D eigenvalue weighted by molar-refractivity contribution is 9.10. The van der Waals surface area contributed by atoms with Gasteiger partial charge in [0.05, 0.1) is 17.8 Å². The minimum absolute atomic E-state index is 0.147. The zero-order valence-electron chi connectivity index (χ0n) is 19.9. The molecule has 4 aromatic carbocycles. The molecule has 0 aliphatic rings. The molecule has 0 aliphatic carbocycles. The van der Waals surface area contributed by atoms with E-state index in [4.69, 9.17) is 9.47 Å². The van der Waals surface area contributed by atoms with E-state index in [1.807, 2.05) is 12.1 Å². The zero-order valence-corrected chi connectivity index (χ0v) is 21.5. The largest absolute Gasteiger partial charge is 0.493 e. The number of aliphatic hydroxyl groups is 1. The maximum Gasteiger partial charge on any atom is 0.281 e. The third-order valence-corrected chi connectivity index (χ3v) is 6.20. The molecule has 0 bridgehead atoms. The zero-order chi connectivity index (χ0) is 26.3. The predicted molar refractivity (Wildman–Crippen MR) is 143 cm³/mol. The molecule has 0 saturated heterocycles. The molecule has 37 heavy (non-hydrogen) atoms. The summed E-state index contributed by atoms with van der Waals surface area (Å²) in [6.45, 7) is 0.147. The van der Waals surface area contributed by atoms with Gasteiger partial charge in [-0.3, -0.25) is 4.79 Å². The minimum atomic E-state index is -1.94. The van der Waals surface area contributed by atoms with Crippen LogP contribution in [0.25, 0.3) is 0 Å². The van der Waals surface area contributed by atoms with Gasteiger partial charge in [0.2, 0.25) is 0 Å². The van der Waals surface area contributed by atoms with Gasteiger partial charge in [0, 0.05) is 0 Å². The number of carbonyl (C=O) groups is 1. The molecule has 0 heterocycles. The summed E-state index contributed by atoms with van der Waals surface area (Å²) in [4.78, 5) is 13.2.